The highest BCUT2D eigenvalue weighted by atomic mass is 35.5. The van der Waals surface area contributed by atoms with Crippen LogP contribution in [0.5, 0.6) is 0 Å². The van der Waals surface area contributed by atoms with E-state index >= 15 is 0 Å². The maximum Gasteiger partial charge on any atom is 0.222 e. The molecule has 0 spiro atoms. The fourth-order valence-electron chi connectivity index (χ4n) is 2.07. The van der Waals surface area contributed by atoms with Crippen LogP contribution in [0.1, 0.15) is 25.7 Å². The summed E-state index contributed by atoms with van der Waals surface area (Å²) in [6.45, 7) is 1.92. The van der Waals surface area contributed by atoms with E-state index in [-0.39, 0.29) is 0 Å². The van der Waals surface area contributed by atoms with Crippen LogP contribution in [-0.2, 0) is 4.79 Å². The molecule has 1 aromatic carbocycles. The third kappa shape index (κ3) is 4.21. The Kier molecular flexibility index (Phi) is 5.39. The first-order chi connectivity index (χ1) is 8.75. The minimum absolute atomic E-state index is 0.323. The van der Waals surface area contributed by atoms with Crippen LogP contribution in [0.25, 0.3) is 0 Å². The summed E-state index contributed by atoms with van der Waals surface area (Å²) in [6, 6.07) is 7.85. The summed E-state index contributed by atoms with van der Waals surface area (Å²) in [5.41, 5.74) is 0. The van der Waals surface area contributed by atoms with Crippen molar-refractivity contribution in [1.29, 1.82) is 0 Å². The Morgan fingerprint density at radius 3 is 2.56 bits per heavy atom. The fraction of sp³-hybridized carbons (Fsp3) is 0.500. The van der Waals surface area contributed by atoms with Crippen molar-refractivity contribution in [2.75, 3.05) is 18.8 Å². The van der Waals surface area contributed by atoms with E-state index in [1.165, 1.54) is 17.7 Å². The molecular formula is C14H18ClNOS. The largest absolute Gasteiger partial charge is 0.343 e. The van der Waals surface area contributed by atoms with Crippen molar-refractivity contribution in [2.24, 2.45) is 0 Å². The monoisotopic (exact) mass is 283 g/mol. The number of likely N-dealkylation sites (tertiary alicyclic amines) is 1. The first-order valence-electron chi connectivity index (χ1n) is 6.42. The number of hydrogen-bond acceptors (Lipinski definition) is 2. The molecule has 1 heterocycles. The van der Waals surface area contributed by atoms with Gasteiger partial charge in [-0.1, -0.05) is 11.6 Å². The Morgan fingerprint density at radius 1 is 1.22 bits per heavy atom. The molecule has 0 unspecified atom stereocenters. The summed E-state index contributed by atoms with van der Waals surface area (Å²) >= 11 is 7.61. The van der Waals surface area contributed by atoms with Gasteiger partial charge in [0.2, 0.25) is 5.91 Å². The summed E-state index contributed by atoms with van der Waals surface area (Å²) in [7, 11) is 0. The van der Waals surface area contributed by atoms with E-state index in [4.69, 9.17) is 11.6 Å². The molecular weight excluding hydrogens is 266 g/mol. The van der Waals surface area contributed by atoms with Crippen molar-refractivity contribution < 1.29 is 4.79 Å². The van der Waals surface area contributed by atoms with Crippen molar-refractivity contribution >= 4 is 29.3 Å². The van der Waals surface area contributed by atoms with Gasteiger partial charge < -0.3 is 4.90 Å². The highest BCUT2D eigenvalue weighted by Crippen LogP contribution is 2.21. The van der Waals surface area contributed by atoms with E-state index < -0.39 is 0 Å². The molecule has 0 aliphatic carbocycles. The normalized spacial score (nSPS) is 15.1. The molecule has 0 radical (unpaired) electrons. The molecule has 0 aromatic heterocycles. The van der Waals surface area contributed by atoms with Gasteiger partial charge in [-0.3, -0.25) is 4.79 Å². The summed E-state index contributed by atoms with van der Waals surface area (Å²) < 4.78 is 0. The average Bonchev–Trinajstić information content (AvgIpc) is 2.90. The second-order valence-electron chi connectivity index (χ2n) is 4.49. The topological polar surface area (TPSA) is 20.3 Å². The fourth-order valence-corrected chi connectivity index (χ4v) is 3.05. The highest BCUT2D eigenvalue weighted by molar-refractivity contribution is 7.99. The second kappa shape index (κ2) is 7.05. The lowest BCUT2D eigenvalue weighted by Gasteiger charge is -2.14. The van der Waals surface area contributed by atoms with Gasteiger partial charge in [-0.25, -0.2) is 0 Å². The summed E-state index contributed by atoms with van der Waals surface area (Å²) in [6.07, 6.45) is 3.97. The van der Waals surface area contributed by atoms with E-state index in [0.717, 1.165) is 30.3 Å². The third-order valence-corrected chi connectivity index (χ3v) is 4.43. The van der Waals surface area contributed by atoms with E-state index in [0.29, 0.717) is 12.3 Å². The quantitative estimate of drug-likeness (QED) is 0.604. The number of hydrogen-bond donors (Lipinski definition) is 0. The number of halogens is 1. The zero-order valence-electron chi connectivity index (χ0n) is 10.4. The lowest BCUT2D eigenvalue weighted by Crippen LogP contribution is -2.27. The van der Waals surface area contributed by atoms with Crippen molar-refractivity contribution in [2.45, 2.75) is 30.6 Å². The van der Waals surface area contributed by atoms with Gasteiger partial charge in [0.1, 0.15) is 0 Å². The van der Waals surface area contributed by atoms with E-state index in [9.17, 15) is 4.79 Å². The molecule has 1 aliphatic heterocycles. The van der Waals surface area contributed by atoms with Crippen LogP contribution in [0.4, 0.5) is 0 Å². The summed E-state index contributed by atoms with van der Waals surface area (Å²) in [4.78, 5) is 15.0. The molecule has 1 aromatic rings. The average molecular weight is 284 g/mol. The van der Waals surface area contributed by atoms with Crippen LogP contribution >= 0.6 is 23.4 Å². The van der Waals surface area contributed by atoms with Crippen LogP contribution in [0.2, 0.25) is 5.02 Å². The number of thioether (sulfide) groups is 1. The molecule has 2 rings (SSSR count). The zero-order valence-corrected chi connectivity index (χ0v) is 12.0. The van der Waals surface area contributed by atoms with Crippen LogP contribution < -0.4 is 0 Å². The number of amides is 1. The second-order valence-corrected chi connectivity index (χ2v) is 6.10. The lowest BCUT2D eigenvalue weighted by atomic mass is 10.3. The van der Waals surface area contributed by atoms with Gasteiger partial charge in [-0.15, -0.1) is 11.8 Å². The minimum atomic E-state index is 0.323. The molecule has 18 heavy (non-hydrogen) atoms. The van der Waals surface area contributed by atoms with Gasteiger partial charge in [0, 0.05) is 29.4 Å². The summed E-state index contributed by atoms with van der Waals surface area (Å²) in [5, 5.41) is 0.767. The number of rotatable bonds is 5. The maximum atomic E-state index is 11.8. The van der Waals surface area contributed by atoms with Crippen LogP contribution in [0.3, 0.4) is 0 Å². The molecule has 98 valence electrons. The molecule has 0 saturated carbocycles. The van der Waals surface area contributed by atoms with E-state index in [1.807, 2.05) is 29.2 Å². The number of benzene rings is 1. The molecule has 1 saturated heterocycles. The Labute approximate surface area is 118 Å². The van der Waals surface area contributed by atoms with Crippen molar-refractivity contribution in [3.63, 3.8) is 0 Å². The first-order valence-corrected chi connectivity index (χ1v) is 7.78. The molecule has 4 heteroatoms. The number of carbonyl (C=O) groups is 1. The molecule has 0 N–H and O–H groups in total. The minimum Gasteiger partial charge on any atom is -0.343 e. The Hall–Kier alpha value is -0.670. The number of carbonyl (C=O) groups excluding carboxylic acids is 1. The molecule has 1 fully saturated rings. The lowest BCUT2D eigenvalue weighted by molar-refractivity contribution is -0.130. The SMILES string of the molecule is O=C(CCCSc1ccc(Cl)cc1)N1CCCC1. The van der Waals surface area contributed by atoms with Crippen molar-refractivity contribution in [1.82, 2.24) is 4.90 Å². The van der Waals surface area contributed by atoms with Gasteiger partial charge in [-0.2, -0.15) is 0 Å². The maximum absolute atomic E-state index is 11.8. The van der Waals surface area contributed by atoms with E-state index in [2.05, 4.69) is 0 Å². The van der Waals surface area contributed by atoms with Crippen LogP contribution in [0.15, 0.2) is 29.2 Å². The first kappa shape index (κ1) is 13.8. The van der Waals surface area contributed by atoms with Gasteiger partial charge in [0.05, 0.1) is 0 Å². The summed E-state index contributed by atoms with van der Waals surface area (Å²) in [5.74, 6) is 1.31. The molecule has 1 aliphatic rings. The van der Waals surface area contributed by atoms with Gasteiger partial charge in [0.15, 0.2) is 0 Å². The molecule has 2 nitrogen and oxygen atoms in total. The van der Waals surface area contributed by atoms with Crippen molar-refractivity contribution in [3.05, 3.63) is 29.3 Å². The van der Waals surface area contributed by atoms with E-state index in [1.54, 1.807) is 11.8 Å². The third-order valence-electron chi connectivity index (χ3n) is 3.08. The van der Waals surface area contributed by atoms with Gasteiger partial charge >= 0.3 is 0 Å². The zero-order chi connectivity index (χ0) is 12.8. The molecule has 0 atom stereocenters. The Bertz CT molecular complexity index is 387. The molecule has 1 amide bonds. The standard InChI is InChI=1S/C14H18ClNOS/c15-12-5-7-13(8-6-12)18-11-3-4-14(17)16-9-1-2-10-16/h5-8H,1-4,9-11H2. The number of nitrogens with zero attached hydrogens (tertiary/aromatic N) is 1. The van der Waals surface area contributed by atoms with Crippen LogP contribution in [0, 0.1) is 0 Å². The predicted octanol–water partition coefficient (Wildman–Crippen LogP) is 3.83. The predicted molar refractivity (Wildman–Crippen MR) is 77.2 cm³/mol. The van der Waals surface area contributed by atoms with Gasteiger partial charge in [-0.05, 0) is 49.3 Å². The Balaban J connectivity index is 1.63. The van der Waals surface area contributed by atoms with Crippen molar-refractivity contribution in [3.8, 4) is 0 Å². The highest BCUT2D eigenvalue weighted by Gasteiger charge is 2.16. The van der Waals surface area contributed by atoms with Gasteiger partial charge in [0.25, 0.3) is 0 Å². The molecule has 0 bridgehead atoms. The Morgan fingerprint density at radius 2 is 1.89 bits per heavy atom. The van der Waals surface area contributed by atoms with Crippen LogP contribution in [-0.4, -0.2) is 29.6 Å². The smallest absolute Gasteiger partial charge is 0.222 e.